The summed E-state index contributed by atoms with van der Waals surface area (Å²) < 4.78 is 5.25. The highest BCUT2D eigenvalue weighted by atomic mass is 16.5. The van der Waals surface area contributed by atoms with Crippen LogP contribution in [0.15, 0.2) is 42.5 Å². The molecule has 0 heterocycles. The average molecular weight is 338 g/mol. The molecule has 1 aliphatic rings. The van der Waals surface area contributed by atoms with Gasteiger partial charge in [0.15, 0.2) is 0 Å². The number of hydrogen-bond donors (Lipinski definition) is 1. The van der Waals surface area contributed by atoms with Gasteiger partial charge in [0.1, 0.15) is 5.75 Å². The van der Waals surface area contributed by atoms with Crippen molar-refractivity contribution in [3.05, 3.63) is 59.2 Å². The molecule has 4 nitrogen and oxygen atoms in total. The highest BCUT2D eigenvalue weighted by molar-refractivity contribution is 5.79. The summed E-state index contributed by atoms with van der Waals surface area (Å²) in [6.45, 7) is 2.21. The Labute approximate surface area is 149 Å². The molecular formula is C21H26N2O2. The number of hydrogen-bond acceptors (Lipinski definition) is 3. The van der Waals surface area contributed by atoms with Gasteiger partial charge in [0.25, 0.3) is 0 Å². The Morgan fingerprint density at radius 2 is 2.08 bits per heavy atom. The largest absolute Gasteiger partial charge is 0.497 e. The molecule has 0 bridgehead atoms. The first-order chi connectivity index (χ1) is 12.0. The van der Waals surface area contributed by atoms with Crippen LogP contribution in [0.4, 0.5) is 5.69 Å². The van der Waals surface area contributed by atoms with Gasteiger partial charge in [0.05, 0.1) is 19.6 Å². The van der Waals surface area contributed by atoms with Crippen LogP contribution in [0, 0.1) is 5.92 Å². The molecule has 1 amide bonds. The number of carbonyl (C=O) groups is 1. The van der Waals surface area contributed by atoms with E-state index in [2.05, 4.69) is 13.0 Å². The second-order valence-electron chi connectivity index (χ2n) is 6.95. The van der Waals surface area contributed by atoms with Crippen LogP contribution in [0.25, 0.3) is 0 Å². The third-order valence-electron chi connectivity index (χ3n) is 5.20. The van der Waals surface area contributed by atoms with Crippen molar-refractivity contribution >= 4 is 11.6 Å². The fourth-order valence-corrected chi connectivity index (χ4v) is 3.79. The Kier molecular flexibility index (Phi) is 4.98. The van der Waals surface area contributed by atoms with E-state index in [0.717, 1.165) is 29.8 Å². The first-order valence-electron chi connectivity index (χ1n) is 8.76. The summed E-state index contributed by atoms with van der Waals surface area (Å²) in [5.74, 6) is 1.30. The van der Waals surface area contributed by atoms with Gasteiger partial charge in [-0.2, -0.15) is 0 Å². The quantitative estimate of drug-likeness (QED) is 0.867. The molecule has 0 fully saturated rings. The summed E-state index contributed by atoms with van der Waals surface area (Å²) in [5, 5.41) is 0. The van der Waals surface area contributed by atoms with Gasteiger partial charge in [-0.3, -0.25) is 4.79 Å². The van der Waals surface area contributed by atoms with Crippen LogP contribution >= 0.6 is 0 Å². The monoisotopic (exact) mass is 338 g/mol. The van der Waals surface area contributed by atoms with Crippen molar-refractivity contribution in [3.8, 4) is 5.75 Å². The zero-order valence-corrected chi connectivity index (χ0v) is 15.2. The molecule has 4 heteroatoms. The maximum atomic E-state index is 12.9. The number of likely N-dealkylation sites (N-methyl/N-ethyl adjacent to an activating group) is 1. The third kappa shape index (κ3) is 3.63. The fourth-order valence-electron chi connectivity index (χ4n) is 3.79. The maximum Gasteiger partial charge on any atom is 0.227 e. The van der Waals surface area contributed by atoms with Crippen LogP contribution in [0.3, 0.4) is 0 Å². The number of nitrogen functional groups attached to an aromatic ring is 1. The number of anilines is 1. The maximum absolute atomic E-state index is 12.9. The lowest BCUT2D eigenvalue weighted by Crippen LogP contribution is -2.38. The Hall–Kier alpha value is -2.49. The fraction of sp³-hybridized carbons (Fsp3) is 0.381. The molecule has 2 N–H and O–H groups in total. The van der Waals surface area contributed by atoms with Gasteiger partial charge in [-0.25, -0.2) is 0 Å². The van der Waals surface area contributed by atoms with E-state index >= 15 is 0 Å². The molecular weight excluding hydrogens is 312 g/mol. The smallest absolute Gasteiger partial charge is 0.227 e. The van der Waals surface area contributed by atoms with Crippen LogP contribution in [0.2, 0.25) is 0 Å². The van der Waals surface area contributed by atoms with Crippen LogP contribution < -0.4 is 10.5 Å². The van der Waals surface area contributed by atoms with Crippen molar-refractivity contribution < 1.29 is 9.53 Å². The van der Waals surface area contributed by atoms with Crippen molar-refractivity contribution in [2.75, 3.05) is 19.9 Å². The average Bonchev–Trinajstić information content (AvgIpc) is 2.61. The van der Waals surface area contributed by atoms with E-state index in [-0.39, 0.29) is 11.9 Å². The minimum Gasteiger partial charge on any atom is -0.497 e. The molecule has 1 aliphatic carbocycles. The number of benzene rings is 2. The lowest BCUT2D eigenvalue weighted by atomic mass is 9.79. The topological polar surface area (TPSA) is 55.6 Å². The Balaban J connectivity index is 1.83. The number of nitrogens with zero attached hydrogens (tertiary/aromatic N) is 1. The Bertz CT molecular complexity index is 772. The number of amides is 1. The number of rotatable bonds is 4. The number of methoxy groups -OCH3 is 1. The van der Waals surface area contributed by atoms with Gasteiger partial charge in [-0.15, -0.1) is 0 Å². The molecule has 2 aromatic rings. The summed E-state index contributed by atoms with van der Waals surface area (Å²) in [7, 11) is 3.54. The molecule has 0 spiro atoms. The van der Waals surface area contributed by atoms with Gasteiger partial charge in [-0.05, 0) is 59.7 Å². The summed E-state index contributed by atoms with van der Waals surface area (Å²) in [4.78, 5) is 14.8. The zero-order valence-electron chi connectivity index (χ0n) is 15.2. The first-order valence-corrected chi connectivity index (χ1v) is 8.76. The van der Waals surface area contributed by atoms with Crippen LogP contribution in [0.1, 0.15) is 36.1 Å². The van der Waals surface area contributed by atoms with Gasteiger partial charge in [-0.1, -0.05) is 25.1 Å². The van der Waals surface area contributed by atoms with E-state index in [1.807, 2.05) is 48.3 Å². The molecule has 0 saturated carbocycles. The lowest BCUT2D eigenvalue weighted by molar-refractivity contribution is -0.132. The van der Waals surface area contributed by atoms with E-state index < -0.39 is 0 Å². The molecule has 0 aliphatic heterocycles. The molecule has 25 heavy (non-hydrogen) atoms. The van der Waals surface area contributed by atoms with E-state index in [4.69, 9.17) is 10.5 Å². The molecule has 2 aromatic carbocycles. The van der Waals surface area contributed by atoms with Crippen LogP contribution in [-0.4, -0.2) is 25.0 Å². The minimum absolute atomic E-state index is 0.0744. The number of ether oxygens (including phenoxy) is 1. The van der Waals surface area contributed by atoms with Gasteiger partial charge in [0.2, 0.25) is 5.91 Å². The highest BCUT2D eigenvalue weighted by Gasteiger charge is 2.32. The van der Waals surface area contributed by atoms with Crippen molar-refractivity contribution in [3.63, 3.8) is 0 Å². The molecule has 2 atom stereocenters. The third-order valence-corrected chi connectivity index (χ3v) is 5.20. The van der Waals surface area contributed by atoms with Crippen molar-refractivity contribution in [2.45, 2.75) is 32.2 Å². The normalized spacial score (nSPS) is 19.2. The summed E-state index contributed by atoms with van der Waals surface area (Å²) >= 11 is 0. The van der Waals surface area contributed by atoms with Gasteiger partial charge < -0.3 is 15.4 Å². The summed E-state index contributed by atoms with van der Waals surface area (Å²) in [6, 6.07) is 13.8. The molecule has 0 aromatic heterocycles. The predicted octanol–water partition coefficient (Wildman–Crippen LogP) is 3.60. The van der Waals surface area contributed by atoms with Crippen LogP contribution in [0.5, 0.6) is 5.75 Å². The van der Waals surface area contributed by atoms with Crippen molar-refractivity contribution in [1.29, 1.82) is 0 Å². The number of fused-ring (bicyclic) bond motifs is 1. The lowest BCUT2D eigenvalue weighted by Gasteiger charge is -2.38. The second kappa shape index (κ2) is 7.18. The van der Waals surface area contributed by atoms with E-state index in [0.29, 0.717) is 12.3 Å². The second-order valence-corrected chi connectivity index (χ2v) is 6.95. The van der Waals surface area contributed by atoms with Crippen molar-refractivity contribution in [1.82, 2.24) is 4.90 Å². The summed E-state index contributed by atoms with van der Waals surface area (Å²) in [6.07, 6.45) is 2.50. The molecule has 132 valence electrons. The summed E-state index contributed by atoms with van der Waals surface area (Å²) in [5.41, 5.74) is 10.2. The predicted molar refractivity (Wildman–Crippen MR) is 101 cm³/mol. The zero-order chi connectivity index (χ0) is 18.0. The number of carbonyl (C=O) groups excluding carboxylic acids is 1. The SMILES string of the molecule is COc1cccc(CC(=O)N(C)[C@@H]2c3cc(N)ccc3CC[C@@H]2C)c1. The van der Waals surface area contributed by atoms with E-state index in [1.165, 1.54) is 11.1 Å². The number of nitrogens with two attached hydrogens (primary N) is 1. The van der Waals surface area contributed by atoms with E-state index in [1.54, 1.807) is 7.11 Å². The first kappa shape index (κ1) is 17.3. The Morgan fingerprint density at radius 1 is 1.28 bits per heavy atom. The van der Waals surface area contributed by atoms with Gasteiger partial charge in [0, 0.05) is 12.7 Å². The van der Waals surface area contributed by atoms with Crippen molar-refractivity contribution in [2.24, 2.45) is 5.92 Å². The van der Waals surface area contributed by atoms with E-state index in [9.17, 15) is 4.79 Å². The number of aryl methyl sites for hydroxylation is 1. The molecule has 0 unspecified atom stereocenters. The minimum atomic E-state index is 0.0744. The Morgan fingerprint density at radius 3 is 2.84 bits per heavy atom. The molecule has 0 radical (unpaired) electrons. The standard InChI is InChI=1S/C21H26N2O2/c1-14-7-8-16-9-10-17(22)13-19(16)21(14)23(2)20(24)12-15-5-4-6-18(11-15)25-3/h4-6,9-11,13-14,21H,7-8,12,22H2,1-3H3/t14-,21-/m0/s1. The highest BCUT2D eigenvalue weighted by Crippen LogP contribution is 2.39. The molecule has 3 rings (SSSR count). The molecule has 0 saturated heterocycles. The van der Waals surface area contributed by atoms with Gasteiger partial charge >= 0.3 is 0 Å². The van der Waals surface area contributed by atoms with Crippen LogP contribution in [-0.2, 0) is 17.6 Å².